The molecule has 1 saturated heterocycles. The maximum absolute atomic E-state index is 11.9. The van der Waals surface area contributed by atoms with Crippen LogP contribution >= 0.6 is 11.6 Å². The van der Waals surface area contributed by atoms with Gasteiger partial charge in [0.2, 0.25) is 5.91 Å². The highest BCUT2D eigenvalue weighted by Crippen LogP contribution is 2.17. The van der Waals surface area contributed by atoms with E-state index in [0.29, 0.717) is 19.1 Å². The summed E-state index contributed by atoms with van der Waals surface area (Å²) >= 11 is 6.15. The zero-order chi connectivity index (χ0) is 15.9. The van der Waals surface area contributed by atoms with Crippen LogP contribution in [0.15, 0.2) is 18.2 Å². The quantitative estimate of drug-likeness (QED) is 0.875. The SMILES string of the molecule is COCCC(=O)N1CCC(NCc2ccc(C)c(Cl)c2)CC1. The zero-order valence-electron chi connectivity index (χ0n) is 13.4. The van der Waals surface area contributed by atoms with Crippen LogP contribution in [-0.2, 0) is 16.1 Å². The van der Waals surface area contributed by atoms with Crippen LogP contribution in [0.3, 0.4) is 0 Å². The van der Waals surface area contributed by atoms with Gasteiger partial charge in [-0.3, -0.25) is 4.79 Å². The standard InChI is InChI=1S/C17H25ClN2O2/c1-13-3-4-14(11-16(13)18)12-19-15-5-8-20(9-6-15)17(21)7-10-22-2/h3-4,11,15,19H,5-10,12H2,1-2H3. The molecule has 1 N–H and O–H groups in total. The Bertz CT molecular complexity index is 499. The van der Waals surface area contributed by atoms with E-state index >= 15 is 0 Å². The topological polar surface area (TPSA) is 41.6 Å². The third-order valence-electron chi connectivity index (χ3n) is 4.20. The number of halogens is 1. The molecule has 0 unspecified atom stereocenters. The van der Waals surface area contributed by atoms with Gasteiger partial charge in [-0.1, -0.05) is 23.7 Å². The minimum absolute atomic E-state index is 0.200. The number of nitrogens with zero attached hydrogens (tertiary/aromatic N) is 1. The molecule has 2 rings (SSSR count). The smallest absolute Gasteiger partial charge is 0.224 e. The van der Waals surface area contributed by atoms with E-state index in [4.69, 9.17) is 16.3 Å². The van der Waals surface area contributed by atoms with Crippen LogP contribution in [0.5, 0.6) is 0 Å². The lowest BCUT2D eigenvalue weighted by molar-refractivity contribution is -0.133. The molecule has 1 aromatic carbocycles. The Balaban J connectivity index is 1.73. The summed E-state index contributed by atoms with van der Waals surface area (Å²) in [6, 6.07) is 6.65. The number of likely N-dealkylation sites (tertiary alicyclic amines) is 1. The molecule has 0 saturated carbocycles. The third-order valence-corrected chi connectivity index (χ3v) is 4.61. The van der Waals surface area contributed by atoms with Crippen molar-refractivity contribution in [2.24, 2.45) is 0 Å². The van der Waals surface area contributed by atoms with Gasteiger partial charge in [0.05, 0.1) is 13.0 Å². The molecule has 0 aromatic heterocycles. The van der Waals surface area contributed by atoms with Crippen LogP contribution < -0.4 is 5.32 Å². The Kier molecular flexibility index (Phi) is 6.68. The minimum atomic E-state index is 0.200. The summed E-state index contributed by atoms with van der Waals surface area (Å²) in [6.45, 7) is 4.99. The number of carbonyl (C=O) groups is 1. The highest BCUT2D eigenvalue weighted by atomic mass is 35.5. The van der Waals surface area contributed by atoms with Crippen molar-refractivity contribution >= 4 is 17.5 Å². The predicted molar refractivity (Wildman–Crippen MR) is 89.1 cm³/mol. The van der Waals surface area contributed by atoms with Crippen molar-refractivity contribution in [2.75, 3.05) is 26.8 Å². The van der Waals surface area contributed by atoms with E-state index < -0.39 is 0 Å². The van der Waals surface area contributed by atoms with E-state index in [9.17, 15) is 4.79 Å². The molecule has 5 heteroatoms. The fourth-order valence-corrected chi connectivity index (χ4v) is 2.89. The van der Waals surface area contributed by atoms with Gasteiger partial charge in [-0.2, -0.15) is 0 Å². The zero-order valence-corrected chi connectivity index (χ0v) is 14.2. The predicted octanol–water partition coefficient (Wildman–Crippen LogP) is 2.77. The second-order valence-electron chi connectivity index (χ2n) is 5.86. The van der Waals surface area contributed by atoms with E-state index in [0.717, 1.165) is 43.1 Å². The number of methoxy groups -OCH3 is 1. The van der Waals surface area contributed by atoms with E-state index in [-0.39, 0.29) is 5.91 Å². The molecular formula is C17H25ClN2O2. The molecule has 122 valence electrons. The largest absolute Gasteiger partial charge is 0.384 e. The first-order valence-corrected chi connectivity index (χ1v) is 8.23. The second-order valence-corrected chi connectivity index (χ2v) is 6.27. The molecule has 4 nitrogen and oxygen atoms in total. The highest BCUT2D eigenvalue weighted by molar-refractivity contribution is 6.31. The Morgan fingerprint density at radius 3 is 2.77 bits per heavy atom. The minimum Gasteiger partial charge on any atom is -0.384 e. The molecule has 1 heterocycles. The van der Waals surface area contributed by atoms with Crippen LogP contribution in [0.4, 0.5) is 0 Å². The van der Waals surface area contributed by atoms with Crippen LogP contribution in [0, 0.1) is 6.92 Å². The fourth-order valence-electron chi connectivity index (χ4n) is 2.69. The first kappa shape index (κ1) is 17.3. The highest BCUT2D eigenvalue weighted by Gasteiger charge is 2.22. The molecule has 1 aliphatic heterocycles. The monoisotopic (exact) mass is 324 g/mol. The van der Waals surface area contributed by atoms with Crippen molar-refractivity contribution in [1.82, 2.24) is 10.2 Å². The summed E-state index contributed by atoms with van der Waals surface area (Å²) in [7, 11) is 1.63. The molecule has 0 spiro atoms. The molecule has 0 radical (unpaired) electrons. The molecule has 1 aromatic rings. The first-order chi connectivity index (χ1) is 10.6. The number of carbonyl (C=O) groups excluding carboxylic acids is 1. The Morgan fingerprint density at radius 2 is 2.14 bits per heavy atom. The summed E-state index contributed by atoms with van der Waals surface area (Å²) in [5.41, 5.74) is 2.31. The molecule has 22 heavy (non-hydrogen) atoms. The van der Waals surface area contributed by atoms with Gasteiger partial charge >= 0.3 is 0 Å². The van der Waals surface area contributed by atoms with E-state index in [1.165, 1.54) is 5.56 Å². The van der Waals surface area contributed by atoms with Crippen molar-refractivity contribution in [3.8, 4) is 0 Å². The first-order valence-electron chi connectivity index (χ1n) is 7.85. The number of nitrogens with one attached hydrogen (secondary N) is 1. The van der Waals surface area contributed by atoms with Crippen molar-refractivity contribution in [3.63, 3.8) is 0 Å². The number of aryl methyl sites for hydroxylation is 1. The Labute approximate surface area is 137 Å². The number of hydrogen-bond donors (Lipinski definition) is 1. The van der Waals surface area contributed by atoms with Gasteiger partial charge in [0.25, 0.3) is 0 Å². The lowest BCUT2D eigenvalue weighted by Gasteiger charge is -2.32. The summed E-state index contributed by atoms with van der Waals surface area (Å²) in [5.74, 6) is 0.200. The average molecular weight is 325 g/mol. The number of hydrogen-bond acceptors (Lipinski definition) is 3. The summed E-state index contributed by atoms with van der Waals surface area (Å²) in [4.78, 5) is 13.9. The number of benzene rings is 1. The number of amides is 1. The molecule has 0 aliphatic carbocycles. The van der Waals surface area contributed by atoms with Crippen LogP contribution in [-0.4, -0.2) is 43.7 Å². The van der Waals surface area contributed by atoms with Gasteiger partial charge in [0.1, 0.15) is 0 Å². The summed E-state index contributed by atoms with van der Waals surface area (Å²) < 4.78 is 4.96. The molecule has 0 bridgehead atoms. The maximum atomic E-state index is 11.9. The molecule has 0 atom stereocenters. The normalized spacial score (nSPS) is 16.0. The van der Waals surface area contributed by atoms with E-state index in [1.807, 2.05) is 17.9 Å². The van der Waals surface area contributed by atoms with Gasteiger partial charge in [-0.25, -0.2) is 0 Å². The number of ether oxygens (including phenoxy) is 1. The van der Waals surface area contributed by atoms with Crippen LogP contribution in [0.25, 0.3) is 0 Å². The van der Waals surface area contributed by atoms with Crippen molar-refractivity contribution in [3.05, 3.63) is 34.3 Å². The molecule has 1 aliphatic rings. The Morgan fingerprint density at radius 1 is 1.41 bits per heavy atom. The third kappa shape index (κ3) is 4.97. The lowest BCUT2D eigenvalue weighted by Crippen LogP contribution is -2.44. The van der Waals surface area contributed by atoms with Crippen molar-refractivity contribution in [2.45, 2.75) is 38.8 Å². The van der Waals surface area contributed by atoms with Gasteiger partial charge < -0.3 is 15.0 Å². The van der Waals surface area contributed by atoms with E-state index in [1.54, 1.807) is 7.11 Å². The molecule has 1 fully saturated rings. The number of rotatable bonds is 6. The van der Waals surface area contributed by atoms with Crippen molar-refractivity contribution in [1.29, 1.82) is 0 Å². The fraction of sp³-hybridized carbons (Fsp3) is 0.588. The van der Waals surface area contributed by atoms with Gasteiger partial charge in [-0.05, 0) is 37.0 Å². The Hall–Kier alpha value is -1.10. The summed E-state index contributed by atoms with van der Waals surface area (Å²) in [6.07, 6.45) is 2.48. The summed E-state index contributed by atoms with van der Waals surface area (Å²) in [5, 5.41) is 4.38. The van der Waals surface area contributed by atoms with Gasteiger partial charge in [0, 0.05) is 37.8 Å². The van der Waals surface area contributed by atoms with Gasteiger partial charge in [0.15, 0.2) is 0 Å². The maximum Gasteiger partial charge on any atom is 0.224 e. The van der Waals surface area contributed by atoms with E-state index in [2.05, 4.69) is 17.4 Å². The second kappa shape index (κ2) is 8.51. The lowest BCUT2D eigenvalue weighted by atomic mass is 10.0. The van der Waals surface area contributed by atoms with Crippen molar-refractivity contribution < 1.29 is 9.53 Å². The number of piperidine rings is 1. The van der Waals surface area contributed by atoms with Gasteiger partial charge in [-0.15, -0.1) is 0 Å². The molecule has 1 amide bonds. The van der Waals surface area contributed by atoms with Crippen LogP contribution in [0.1, 0.15) is 30.4 Å². The van der Waals surface area contributed by atoms with Crippen LogP contribution in [0.2, 0.25) is 5.02 Å². The molecular weight excluding hydrogens is 300 g/mol. The average Bonchev–Trinajstić information content (AvgIpc) is 2.54.